The third-order valence-electron chi connectivity index (χ3n) is 6.85. The normalized spacial score (nSPS) is 19.6. The van der Waals surface area contributed by atoms with Gasteiger partial charge in [-0.15, -0.1) is 0 Å². The Bertz CT molecular complexity index is 1240. The van der Waals surface area contributed by atoms with Crippen LogP contribution in [0.4, 0.5) is 5.69 Å². The fourth-order valence-electron chi connectivity index (χ4n) is 5.06. The first-order valence-corrected chi connectivity index (χ1v) is 13.8. The zero-order valence-corrected chi connectivity index (χ0v) is 22.3. The van der Waals surface area contributed by atoms with Crippen molar-refractivity contribution in [3.63, 3.8) is 0 Å². The van der Waals surface area contributed by atoms with Crippen LogP contribution in [0.15, 0.2) is 18.2 Å². The summed E-state index contributed by atoms with van der Waals surface area (Å²) in [5.74, 6) is 1.86. The molecule has 10 nitrogen and oxygen atoms in total. The van der Waals surface area contributed by atoms with Gasteiger partial charge in [0.15, 0.2) is 21.3 Å². The Morgan fingerprint density at radius 2 is 1.67 bits per heavy atom. The van der Waals surface area contributed by atoms with E-state index in [1.54, 1.807) is 45.6 Å². The van der Waals surface area contributed by atoms with E-state index in [4.69, 9.17) is 14.2 Å². The maximum Gasteiger partial charge on any atom is 0.246 e. The lowest BCUT2D eigenvalue weighted by Crippen LogP contribution is -2.48. The van der Waals surface area contributed by atoms with Gasteiger partial charge in [-0.25, -0.2) is 8.42 Å². The van der Waals surface area contributed by atoms with E-state index < -0.39 is 9.84 Å². The number of sulfone groups is 1. The van der Waals surface area contributed by atoms with Crippen LogP contribution in [-0.4, -0.2) is 88.0 Å². The standard InChI is InChI=1S/C25H34N4O6S/c1-17-24(18(2)29(26-17)20-8-13-36(31,32)16-20)28-11-9-27(10-12-28)23(30)7-6-19-14-21(33-3)25(35-5)22(15-19)34-4/h6-7,14-15,20H,8-13,16H2,1-5H3/b7-6+. The van der Waals surface area contributed by atoms with Crippen molar-refractivity contribution in [3.8, 4) is 17.2 Å². The Morgan fingerprint density at radius 1 is 1.03 bits per heavy atom. The Hall–Kier alpha value is -3.21. The van der Waals surface area contributed by atoms with Gasteiger partial charge in [0.1, 0.15) is 0 Å². The first-order chi connectivity index (χ1) is 17.2. The number of benzene rings is 1. The molecule has 0 radical (unpaired) electrons. The van der Waals surface area contributed by atoms with Gasteiger partial charge in [-0.3, -0.25) is 9.48 Å². The monoisotopic (exact) mass is 518 g/mol. The Labute approximate surface area is 212 Å². The fraction of sp³-hybridized carbons (Fsp3) is 0.520. The molecule has 0 bridgehead atoms. The minimum Gasteiger partial charge on any atom is -0.493 e. The van der Waals surface area contributed by atoms with Gasteiger partial charge >= 0.3 is 0 Å². The average Bonchev–Trinajstić information content (AvgIpc) is 3.38. The molecule has 1 aromatic heterocycles. The number of ether oxygens (including phenoxy) is 3. The smallest absolute Gasteiger partial charge is 0.246 e. The highest BCUT2D eigenvalue weighted by Crippen LogP contribution is 2.38. The lowest BCUT2D eigenvalue weighted by Gasteiger charge is -2.35. The number of carbonyl (C=O) groups is 1. The van der Waals surface area contributed by atoms with Crippen LogP contribution in [0.1, 0.15) is 29.4 Å². The summed E-state index contributed by atoms with van der Waals surface area (Å²) >= 11 is 0. The third kappa shape index (κ3) is 5.16. The maximum absolute atomic E-state index is 12.9. The van der Waals surface area contributed by atoms with E-state index in [1.807, 2.05) is 23.4 Å². The van der Waals surface area contributed by atoms with E-state index in [2.05, 4.69) is 10.00 Å². The second-order valence-electron chi connectivity index (χ2n) is 9.13. The Kier molecular flexibility index (Phi) is 7.49. The van der Waals surface area contributed by atoms with Crippen LogP contribution in [0, 0.1) is 13.8 Å². The number of carbonyl (C=O) groups excluding carboxylic acids is 1. The molecule has 2 fully saturated rings. The average molecular weight is 519 g/mol. The first-order valence-electron chi connectivity index (χ1n) is 12.0. The van der Waals surface area contributed by atoms with Crippen LogP contribution in [-0.2, 0) is 14.6 Å². The molecule has 36 heavy (non-hydrogen) atoms. The van der Waals surface area contributed by atoms with Gasteiger partial charge in [0.25, 0.3) is 0 Å². The Morgan fingerprint density at radius 3 is 2.19 bits per heavy atom. The maximum atomic E-state index is 12.9. The van der Waals surface area contributed by atoms with Crippen LogP contribution in [0.3, 0.4) is 0 Å². The van der Waals surface area contributed by atoms with Crippen molar-refractivity contribution in [2.24, 2.45) is 0 Å². The summed E-state index contributed by atoms with van der Waals surface area (Å²) in [6, 6.07) is 3.48. The zero-order valence-electron chi connectivity index (χ0n) is 21.5. The summed E-state index contributed by atoms with van der Waals surface area (Å²) in [5.41, 5.74) is 3.68. The van der Waals surface area contributed by atoms with E-state index in [-0.39, 0.29) is 23.5 Å². The van der Waals surface area contributed by atoms with Gasteiger partial charge in [0.05, 0.1) is 56.0 Å². The molecule has 0 spiro atoms. The summed E-state index contributed by atoms with van der Waals surface area (Å²) in [4.78, 5) is 16.9. The topological polar surface area (TPSA) is 103 Å². The molecule has 1 atom stereocenters. The SMILES string of the molecule is COc1cc(/C=C/C(=O)N2CCN(c3c(C)nn(C4CCS(=O)(=O)C4)c3C)CC2)cc(OC)c1OC. The number of hydrogen-bond acceptors (Lipinski definition) is 8. The van der Waals surface area contributed by atoms with E-state index in [0.29, 0.717) is 49.8 Å². The van der Waals surface area contributed by atoms with Crippen LogP contribution >= 0.6 is 0 Å². The van der Waals surface area contributed by atoms with Crippen molar-refractivity contribution >= 4 is 27.5 Å². The predicted octanol–water partition coefficient (Wildman–Crippen LogP) is 2.25. The lowest BCUT2D eigenvalue weighted by molar-refractivity contribution is -0.126. The molecule has 2 aliphatic rings. The number of anilines is 1. The van der Waals surface area contributed by atoms with Crippen LogP contribution < -0.4 is 19.1 Å². The van der Waals surface area contributed by atoms with Crippen LogP contribution in [0.5, 0.6) is 17.2 Å². The number of aryl methyl sites for hydroxylation is 1. The lowest BCUT2D eigenvalue weighted by atomic mass is 10.1. The summed E-state index contributed by atoms with van der Waals surface area (Å²) in [6.07, 6.45) is 3.91. The molecule has 11 heteroatoms. The predicted molar refractivity (Wildman–Crippen MR) is 138 cm³/mol. The molecule has 2 saturated heterocycles. The molecular formula is C25H34N4O6S. The van der Waals surface area contributed by atoms with Crippen molar-refractivity contribution in [2.45, 2.75) is 26.3 Å². The number of hydrogen-bond donors (Lipinski definition) is 0. The molecule has 3 heterocycles. The molecule has 1 unspecified atom stereocenters. The number of rotatable bonds is 7. The van der Waals surface area contributed by atoms with Crippen LogP contribution in [0.2, 0.25) is 0 Å². The molecule has 1 aromatic carbocycles. The molecule has 196 valence electrons. The highest BCUT2D eigenvalue weighted by Gasteiger charge is 2.33. The molecule has 0 aliphatic carbocycles. The fourth-order valence-corrected chi connectivity index (χ4v) is 6.75. The zero-order chi connectivity index (χ0) is 26.0. The number of methoxy groups -OCH3 is 3. The first kappa shape index (κ1) is 25.9. The number of piperazine rings is 1. The highest BCUT2D eigenvalue weighted by molar-refractivity contribution is 7.91. The van der Waals surface area contributed by atoms with Crippen molar-refractivity contribution in [1.29, 1.82) is 0 Å². The van der Waals surface area contributed by atoms with E-state index in [0.717, 1.165) is 22.6 Å². The van der Waals surface area contributed by atoms with Gasteiger partial charge in [0.2, 0.25) is 11.7 Å². The largest absolute Gasteiger partial charge is 0.493 e. The summed E-state index contributed by atoms with van der Waals surface area (Å²) in [7, 11) is 1.67. The Balaban J connectivity index is 1.41. The van der Waals surface area contributed by atoms with Crippen molar-refractivity contribution < 1.29 is 27.4 Å². The van der Waals surface area contributed by atoms with E-state index in [1.165, 1.54) is 0 Å². The van der Waals surface area contributed by atoms with Crippen LogP contribution in [0.25, 0.3) is 6.08 Å². The minimum atomic E-state index is -2.99. The quantitative estimate of drug-likeness (QED) is 0.514. The molecule has 0 N–H and O–H groups in total. The molecule has 2 aliphatic heterocycles. The van der Waals surface area contributed by atoms with Gasteiger partial charge < -0.3 is 24.0 Å². The molecule has 4 rings (SSSR count). The van der Waals surface area contributed by atoms with Gasteiger partial charge in [-0.05, 0) is 44.0 Å². The highest BCUT2D eigenvalue weighted by atomic mass is 32.2. The molecule has 2 aromatic rings. The van der Waals surface area contributed by atoms with E-state index in [9.17, 15) is 13.2 Å². The second kappa shape index (κ2) is 10.4. The van der Waals surface area contributed by atoms with Gasteiger partial charge in [-0.1, -0.05) is 0 Å². The van der Waals surface area contributed by atoms with Crippen molar-refractivity contribution in [3.05, 3.63) is 35.2 Å². The minimum absolute atomic E-state index is 0.0660. The van der Waals surface area contributed by atoms with Crippen molar-refractivity contribution in [1.82, 2.24) is 14.7 Å². The summed E-state index contributed by atoms with van der Waals surface area (Å²) in [5, 5.41) is 4.68. The number of amides is 1. The molecule has 1 amide bonds. The molecular weight excluding hydrogens is 484 g/mol. The molecule has 0 saturated carbocycles. The summed E-state index contributed by atoms with van der Waals surface area (Å²) in [6.45, 7) is 6.48. The third-order valence-corrected chi connectivity index (χ3v) is 8.60. The number of nitrogens with zero attached hydrogens (tertiary/aromatic N) is 4. The van der Waals surface area contributed by atoms with Gasteiger partial charge in [-0.2, -0.15) is 5.10 Å². The van der Waals surface area contributed by atoms with E-state index >= 15 is 0 Å². The van der Waals surface area contributed by atoms with Crippen molar-refractivity contribution in [2.75, 3.05) is 63.9 Å². The second-order valence-corrected chi connectivity index (χ2v) is 11.4. The summed E-state index contributed by atoms with van der Waals surface area (Å²) < 4.78 is 41.9. The number of aromatic nitrogens is 2. The van der Waals surface area contributed by atoms with Gasteiger partial charge in [0, 0.05) is 32.3 Å².